The van der Waals surface area contributed by atoms with Crippen molar-refractivity contribution in [3.63, 3.8) is 0 Å². The Kier molecular flexibility index (Phi) is 4.11. The first-order valence-electron chi connectivity index (χ1n) is 6.66. The van der Waals surface area contributed by atoms with Crippen LogP contribution in [-0.4, -0.2) is 30.8 Å². The van der Waals surface area contributed by atoms with Crippen LogP contribution in [0.15, 0.2) is 18.2 Å². The van der Waals surface area contributed by atoms with E-state index in [1.807, 2.05) is 6.07 Å². The van der Waals surface area contributed by atoms with Gasteiger partial charge in [-0.1, -0.05) is 18.3 Å². The maximum Gasteiger partial charge on any atom is 0.106 e. The summed E-state index contributed by atoms with van der Waals surface area (Å²) in [6, 6.07) is 6.24. The van der Waals surface area contributed by atoms with Gasteiger partial charge in [-0.2, -0.15) is 0 Å². The summed E-state index contributed by atoms with van der Waals surface area (Å²) < 4.78 is 5.66. The van der Waals surface area contributed by atoms with E-state index in [-0.39, 0.29) is 5.60 Å². The predicted molar refractivity (Wildman–Crippen MR) is 83.9 cm³/mol. The van der Waals surface area contributed by atoms with Gasteiger partial charge in [0.2, 0.25) is 0 Å². The highest BCUT2D eigenvalue weighted by atomic mass is 32.1. The summed E-state index contributed by atoms with van der Waals surface area (Å²) in [6.07, 6.45) is 2.21. The van der Waals surface area contributed by atoms with Crippen molar-refractivity contribution in [3.8, 4) is 0 Å². The van der Waals surface area contributed by atoms with Gasteiger partial charge in [0.1, 0.15) is 4.99 Å². The van der Waals surface area contributed by atoms with Crippen LogP contribution in [0.3, 0.4) is 0 Å². The Hall–Kier alpha value is -1.13. The second kappa shape index (κ2) is 5.47. The van der Waals surface area contributed by atoms with Gasteiger partial charge in [0.15, 0.2) is 0 Å². The molecule has 1 heterocycles. The lowest BCUT2D eigenvalue weighted by atomic mass is 9.93. The van der Waals surface area contributed by atoms with Crippen molar-refractivity contribution in [2.24, 2.45) is 5.73 Å². The van der Waals surface area contributed by atoms with Crippen LogP contribution >= 0.6 is 12.2 Å². The largest absolute Gasteiger partial charge is 0.389 e. The number of anilines is 1. The number of thiocarbonyl (C=S) groups is 1. The second-order valence-electron chi connectivity index (χ2n) is 5.56. The van der Waals surface area contributed by atoms with Crippen molar-refractivity contribution in [2.75, 3.05) is 25.1 Å². The van der Waals surface area contributed by atoms with Crippen molar-refractivity contribution in [3.05, 3.63) is 29.3 Å². The fourth-order valence-electron chi connectivity index (χ4n) is 2.69. The zero-order valence-electron chi connectivity index (χ0n) is 11.9. The maximum atomic E-state index is 5.84. The molecule has 1 aliphatic heterocycles. The van der Waals surface area contributed by atoms with Crippen LogP contribution in [0.25, 0.3) is 0 Å². The molecule has 3 nitrogen and oxygen atoms in total. The molecule has 0 radical (unpaired) electrons. The van der Waals surface area contributed by atoms with Crippen LogP contribution in [0.4, 0.5) is 5.69 Å². The number of nitrogens with two attached hydrogens (primary N) is 1. The summed E-state index contributed by atoms with van der Waals surface area (Å²) in [5.41, 5.74) is 9.07. The molecule has 1 fully saturated rings. The number of benzene rings is 1. The smallest absolute Gasteiger partial charge is 0.106 e. The zero-order chi connectivity index (χ0) is 14.0. The molecule has 1 aromatic carbocycles. The zero-order valence-corrected chi connectivity index (χ0v) is 12.7. The normalized spacial score (nSPS) is 23.4. The topological polar surface area (TPSA) is 38.5 Å². The second-order valence-corrected chi connectivity index (χ2v) is 6.00. The van der Waals surface area contributed by atoms with Gasteiger partial charge in [0, 0.05) is 31.5 Å². The van der Waals surface area contributed by atoms with Crippen LogP contribution in [0.2, 0.25) is 0 Å². The average Bonchev–Trinajstić information content (AvgIpc) is 2.38. The number of hydrogen-bond donors (Lipinski definition) is 1. The Labute approximate surface area is 120 Å². The Balaban J connectivity index is 2.35. The molecule has 1 aromatic rings. The van der Waals surface area contributed by atoms with Gasteiger partial charge >= 0.3 is 0 Å². The minimum Gasteiger partial charge on any atom is -0.389 e. The Bertz CT molecular complexity index is 489. The lowest BCUT2D eigenvalue weighted by Gasteiger charge is -2.41. The van der Waals surface area contributed by atoms with Gasteiger partial charge < -0.3 is 15.4 Å². The first-order valence-corrected chi connectivity index (χ1v) is 7.06. The summed E-state index contributed by atoms with van der Waals surface area (Å²) in [5.74, 6) is 0. The van der Waals surface area contributed by atoms with Crippen molar-refractivity contribution in [1.29, 1.82) is 0 Å². The molecule has 4 heteroatoms. The minimum atomic E-state index is -0.0878. The van der Waals surface area contributed by atoms with E-state index in [2.05, 4.69) is 30.9 Å². The van der Waals surface area contributed by atoms with Gasteiger partial charge in [0.05, 0.1) is 5.60 Å². The van der Waals surface area contributed by atoms with Crippen molar-refractivity contribution in [1.82, 2.24) is 0 Å². The lowest BCUT2D eigenvalue weighted by Crippen LogP contribution is -2.48. The Morgan fingerprint density at radius 3 is 2.84 bits per heavy atom. The molecule has 0 aromatic heterocycles. The fourth-order valence-corrected chi connectivity index (χ4v) is 2.86. The van der Waals surface area contributed by atoms with E-state index in [0.717, 1.165) is 37.2 Å². The highest BCUT2D eigenvalue weighted by Gasteiger charge is 2.31. The third kappa shape index (κ3) is 3.07. The van der Waals surface area contributed by atoms with Crippen LogP contribution in [0, 0.1) is 6.92 Å². The van der Waals surface area contributed by atoms with E-state index in [4.69, 9.17) is 22.7 Å². The fraction of sp³-hybridized carbons (Fsp3) is 0.533. The predicted octanol–water partition coefficient (Wildman–Crippen LogP) is 2.63. The number of piperidine rings is 1. The monoisotopic (exact) mass is 278 g/mol. The lowest BCUT2D eigenvalue weighted by molar-refractivity contribution is -0.00466. The molecule has 104 valence electrons. The SMILES string of the molecule is COC1(C)CCCN(c2cc(C)ccc2C(N)=S)C1. The van der Waals surface area contributed by atoms with E-state index >= 15 is 0 Å². The van der Waals surface area contributed by atoms with Gasteiger partial charge in [-0.25, -0.2) is 0 Å². The molecule has 2 rings (SSSR count). The van der Waals surface area contributed by atoms with Crippen LogP contribution in [0.1, 0.15) is 30.9 Å². The van der Waals surface area contributed by atoms with E-state index in [0.29, 0.717) is 4.99 Å². The molecule has 1 atom stereocenters. The summed E-state index contributed by atoms with van der Waals surface area (Å²) in [5, 5.41) is 0. The molecular formula is C15H22N2OS. The summed E-state index contributed by atoms with van der Waals surface area (Å²) >= 11 is 5.17. The third-order valence-corrected chi connectivity index (χ3v) is 4.13. The van der Waals surface area contributed by atoms with Crippen molar-refractivity contribution >= 4 is 22.9 Å². The van der Waals surface area contributed by atoms with Gasteiger partial charge in [0.25, 0.3) is 0 Å². The molecule has 1 unspecified atom stereocenters. The molecule has 0 spiro atoms. The molecular weight excluding hydrogens is 256 g/mol. The molecule has 1 saturated heterocycles. The number of hydrogen-bond acceptors (Lipinski definition) is 3. The van der Waals surface area contributed by atoms with E-state index in [1.165, 1.54) is 5.56 Å². The molecule has 2 N–H and O–H groups in total. The summed E-state index contributed by atoms with van der Waals surface area (Å²) in [6.45, 7) is 6.16. The molecule has 0 amide bonds. The molecule has 19 heavy (non-hydrogen) atoms. The number of aryl methyl sites for hydroxylation is 1. The molecule has 0 saturated carbocycles. The van der Waals surface area contributed by atoms with E-state index in [9.17, 15) is 0 Å². The maximum absolute atomic E-state index is 5.84. The Morgan fingerprint density at radius 1 is 1.47 bits per heavy atom. The number of methoxy groups -OCH3 is 1. The van der Waals surface area contributed by atoms with Crippen LogP contribution in [0.5, 0.6) is 0 Å². The molecule has 0 bridgehead atoms. The first kappa shape index (κ1) is 14.3. The number of ether oxygens (including phenoxy) is 1. The average molecular weight is 278 g/mol. The highest BCUT2D eigenvalue weighted by molar-refractivity contribution is 7.80. The first-order chi connectivity index (χ1) is 8.95. The quantitative estimate of drug-likeness (QED) is 0.863. The van der Waals surface area contributed by atoms with Gasteiger partial charge in [-0.3, -0.25) is 0 Å². The number of nitrogens with zero attached hydrogens (tertiary/aromatic N) is 1. The standard InChI is InChI=1S/C15H22N2OS/c1-11-5-6-12(14(16)19)13(9-11)17-8-4-7-15(2,10-17)18-3/h5-6,9H,4,7-8,10H2,1-3H3,(H2,16,19). The van der Waals surface area contributed by atoms with Crippen LogP contribution < -0.4 is 10.6 Å². The highest BCUT2D eigenvalue weighted by Crippen LogP contribution is 2.30. The molecule has 0 aliphatic carbocycles. The van der Waals surface area contributed by atoms with Gasteiger partial charge in [-0.15, -0.1) is 0 Å². The number of rotatable bonds is 3. The van der Waals surface area contributed by atoms with E-state index in [1.54, 1.807) is 7.11 Å². The van der Waals surface area contributed by atoms with Gasteiger partial charge in [-0.05, 0) is 44.4 Å². The minimum absolute atomic E-state index is 0.0878. The van der Waals surface area contributed by atoms with Crippen molar-refractivity contribution < 1.29 is 4.74 Å². The summed E-state index contributed by atoms with van der Waals surface area (Å²) in [7, 11) is 1.79. The van der Waals surface area contributed by atoms with E-state index < -0.39 is 0 Å². The third-order valence-electron chi connectivity index (χ3n) is 3.91. The summed E-state index contributed by atoms with van der Waals surface area (Å²) in [4.78, 5) is 2.80. The Morgan fingerprint density at radius 2 is 2.21 bits per heavy atom. The molecule has 1 aliphatic rings. The van der Waals surface area contributed by atoms with Crippen molar-refractivity contribution in [2.45, 2.75) is 32.3 Å². The van der Waals surface area contributed by atoms with Crippen LogP contribution in [-0.2, 0) is 4.74 Å².